The minimum absolute atomic E-state index is 0.0367. The summed E-state index contributed by atoms with van der Waals surface area (Å²) in [5.41, 5.74) is 0. The normalized spacial score (nSPS) is 14.4. The third-order valence-corrected chi connectivity index (χ3v) is 13.3. The van der Waals surface area contributed by atoms with Crippen molar-refractivity contribution in [3.63, 3.8) is 0 Å². The monoisotopic (exact) mass is 1010 g/mol. The molecule has 0 fully saturated rings. The first kappa shape index (κ1) is 68.2. The van der Waals surface area contributed by atoms with Crippen molar-refractivity contribution in [1.82, 2.24) is 5.32 Å². The first-order valence-corrected chi connectivity index (χ1v) is 30.4. The summed E-state index contributed by atoms with van der Waals surface area (Å²) in [7, 11) is 1.14. The van der Waals surface area contributed by atoms with E-state index in [0.717, 1.165) is 83.5 Å². The molecular weight excluding hydrogens is 904 g/mol. The smallest absolute Gasteiger partial charge is 0.306 e. The zero-order valence-corrected chi connectivity index (χ0v) is 47.5. The lowest BCUT2D eigenvalue weighted by Crippen LogP contribution is -2.47. The van der Waals surface area contributed by atoms with E-state index >= 15 is 0 Å². The lowest BCUT2D eigenvalue weighted by atomic mass is 10.0. The topological polar surface area (TPSA) is 114 Å². The van der Waals surface area contributed by atoms with Crippen LogP contribution in [-0.2, 0) is 27.9 Å². The summed E-state index contributed by atoms with van der Waals surface area (Å²) < 4.78 is 30.2. The van der Waals surface area contributed by atoms with E-state index in [0.29, 0.717) is 23.9 Å². The van der Waals surface area contributed by atoms with E-state index in [1.807, 2.05) is 33.3 Å². The van der Waals surface area contributed by atoms with Crippen molar-refractivity contribution in [3.05, 3.63) is 85.1 Å². The number of rotatable bonds is 51. The minimum Gasteiger partial charge on any atom is -0.756 e. The molecule has 0 aliphatic rings. The molecule has 10 heteroatoms. The third-order valence-electron chi connectivity index (χ3n) is 12.3. The highest BCUT2D eigenvalue weighted by molar-refractivity contribution is 7.45. The van der Waals surface area contributed by atoms with Crippen LogP contribution in [-0.4, -0.2) is 69.4 Å². The number of unbranched alkanes of at least 4 members (excludes halogenated alkanes) is 23. The minimum atomic E-state index is -4.71. The molecule has 0 aromatic carbocycles. The Hall–Kier alpha value is -2.81. The zero-order valence-electron chi connectivity index (χ0n) is 46.7. The molecule has 3 atom stereocenters. The average molecular weight is 1010 g/mol. The van der Waals surface area contributed by atoms with Gasteiger partial charge in [-0.25, -0.2) is 0 Å². The molecule has 0 aromatic heterocycles. The van der Waals surface area contributed by atoms with Crippen molar-refractivity contribution in [2.45, 2.75) is 251 Å². The first-order valence-electron chi connectivity index (χ1n) is 28.9. The standard InChI is InChI=1S/C61H109N2O7P/c1-7-10-13-16-19-22-25-28-30-31-33-35-38-41-44-47-50-53-60(64)62-58(57-69-71(66,67)68-56-55-63(4,5)6)59(52-49-46-43-40-37-34-27-24-21-18-15-12-9-3)70-61(65)54-51-48-45-42-39-36-32-29-26-23-20-17-14-11-8-2/h10,13,19,22-23,26,28,30,33,35,41,44,49,52,58-59H,7-9,11-12,14-18,20-21,24-25,27,29,31-32,34,36-40,42-43,45-48,50-51,53-57H2,1-6H3,(H-,62,64,66,67)/b13-10-,22-19-,26-23-,30-28-,35-33-,44-41-,52-49+. The first-order chi connectivity index (χ1) is 34.4. The summed E-state index contributed by atoms with van der Waals surface area (Å²) in [6.07, 6.45) is 65.5. The number of hydrogen-bond donors (Lipinski definition) is 1. The molecule has 0 radical (unpaired) electrons. The van der Waals surface area contributed by atoms with E-state index in [4.69, 9.17) is 13.8 Å². The molecule has 1 amide bonds. The molecule has 0 saturated carbocycles. The van der Waals surface area contributed by atoms with Gasteiger partial charge in [0.05, 0.1) is 33.8 Å². The predicted octanol–water partition coefficient (Wildman–Crippen LogP) is 16.8. The van der Waals surface area contributed by atoms with Crippen LogP contribution in [0.1, 0.15) is 239 Å². The number of nitrogens with one attached hydrogen (secondary N) is 1. The lowest BCUT2D eigenvalue weighted by Gasteiger charge is -2.30. The Balaban J connectivity index is 5.47. The van der Waals surface area contributed by atoms with Crippen molar-refractivity contribution in [1.29, 1.82) is 0 Å². The van der Waals surface area contributed by atoms with Gasteiger partial charge in [0.2, 0.25) is 5.91 Å². The number of quaternary nitrogens is 1. The Kier molecular flexibility index (Phi) is 48.7. The molecule has 0 saturated heterocycles. The number of carbonyl (C=O) groups is 2. The van der Waals surface area contributed by atoms with E-state index in [9.17, 15) is 19.0 Å². The maximum absolute atomic E-state index is 13.5. The van der Waals surface area contributed by atoms with Gasteiger partial charge in [-0.2, -0.15) is 0 Å². The Morgan fingerprint density at radius 2 is 0.915 bits per heavy atom. The number of nitrogens with zero attached hydrogens (tertiary/aromatic N) is 1. The number of amides is 1. The number of carbonyl (C=O) groups excluding carboxylic acids is 2. The van der Waals surface area contributed by atoms with Crippen LogP contribution in [0.4, 0.5) is 0 Å². The van der Waals surface area contributed by atoms with Gasteiger partial charge in [-0.15, -0.1) is 0 Å². The van der Waals surface area contributed by atoms with Gasteiger partial charge >= 0.3 is 5.97 Å². The Bertz CT molecular complexity index is 1490. The molecule has 0 bridgehead atoms. The highest BCUT2D eigenvalue weighted by Crippen LogP contribution is 2.38. The van der Waals surface area contributed by atoms with Gasteiger partial charge in [0.25, 0.3) is 7.82 Å². The van der Waals surface area contributed by atoms with Crippen molar-refractivity contribution >= 4 is 19.7 Å². The summed E-state index contributed by atoms with van der Waals surface area (Å²) in [5.74, 6) is -0.617. The SMILES string of the molecule is CC/C=C\C/C=C\C/C=C\C/C=C\C/C=C\CCCC(=O)NC(COP(=O)([O-])OCC[N+](C)(C)C)C(/C=C/CCCCCCCCCCCCC)OC(=O)CCCCCCCCC/C=C\CCCCCC. The van der Waals surface area contributed by atoms with E-state index in [2.05, 4.69) is 99.0 Å². The Morgan fingerprint density at radius 3 is 1.41 bits per heavy atom. The average Bonchev–Trinajstić information content (AvgIpc) is 3.33. The summed E-state index contributed by atoms with van der Waals surface area (Å²) in [5, 5.41) is 2.98. The molecule has 1 N–H and O–H groups in total. The Morgan fingerprint density at radius 1 is 0.507 bits per heavy atom. The molecule has 0 aliphatic carbocycles. The zero-order chi connectivity index (χ0) is 52.2. The van der Waals surface area contributed by atoms with Gasteiger partial charge in [0, 0.05) is 12.8 Å². The fourth-order valence-corrected chi connectivity index (χ4v) is 8.57. The van der Waals surface area contributed by atoms with Crippen LogP contribution in [0.5, 0.6) is 0 Å². The van der Waals surface area contributed by atoms with E-state index < -0.39 is 26.6 Å². The molecule has 9 nitrogen and oxygen atoms in total. The van der Waals surface area contributed by atoms with Gasteiger partial charge < -0.3 is 28.5 Å². The number of phosphoric ester groups is 1. The van der Waals surface area contributed by atoms with E-state index in [-0.39, 0.29) is 31.3 Å². The number of esters is 1. The predicted molar refractivity (Wildman–Crippen MR) is 302 cm³/mol. The number of allylic oxidation sites excluding steroid dienone is 13. The van der Waals surface area contributed by atoms with Gasteiger partial charge in [-0.1, -0.05) is 215 Å². The second kappa shape index (κ2) is 50.7. The van der Waals surface area contributed by atoms with Crippen molar-refractivity contribution in [2.75, 3.05) is 40.9 Å². The Labute approximate surface area is 437 Å². The second-order valence-electron chi connectivity index (χ2n) is 20.4. The molecule has 0 spiro atoms. The van der Waals surface area contributed by atoms with Gasteiger partial charge in [-0.3, -0.25) is 14.2 Å². The molecule has 0 heterocycles. The van der Waals surface area contributed by atoms with Gasteiger partial charge in [-0.05, 0) is 96.0 Å². The lowest BCUT2D eigenvalue weighted by molar-refractivity contribution is -0.870. The summed E-state index contributed by atoms with van der Waals surface area (Å²) >= 11 is 0. The number of likely N-dealkylation sites (N-methyl/N-ethyl adjacent to an activating group) is 1. The van der Waals surface area contributed by atoms with Crippen LogP contribution in [0, 0.1) is 0 Å². The maximum atomic E-state index is 13.5. The fraction of sp³-hybridized carbons (Fsp3) is 0.738. The van der Waals surface area contributed by atoms with E-state index in [1.165, 1.54) is 109 Å². The molecule has 3 unspecified atom stereocenters. The van der Waals surface area contributed by atoms with Crippen LogP contribution in [0.2, 0.25) is 0 Å². The molecule has 0 aliphatic heterocycles. The summed E-state index contributed by atoms with van der Waals surface area (Å²) in [6.45, 7) is 6.66. The quantitative estimate of drug-likeness (QED) is 0.0212. The molecular formula is C61H109N2O7P. The number of hydrogen-bond acceptors (Lipinski definition) is 7. The fourth-order valence-electron chi connectivity index (χ4n) is 7.85. The van der Waals surface area contributed by atoms with Crippen molar-refractivity contribution in [3.8, 4) is 0 Å². The van der Waals surface area contributed by atoms with Crippen LogP contribution in [0.3, 0.4) is 0 Å². The van der Waals surface area contributed by atoms with Crippen molar-refractivity contribution < 1.29 is 37.3 Å². The van der Waals surface area contributed by atoms with Gasteiger partial charge in [0.1, 0.15) is 19.3 Å². The maximum Gasteiger partial charge on any atom is 0.306 e. The molecule has 0 aromatic rings. The van der Waals surface area contributed by atoms with E-state index in [1.54, 1.807) is 0 Å². The third kappa shape index (κ3) is 51.9. The second-order valence-corrected chi connectivity index (χ2v) is 21.8. The number of phosphoric acid groups is 1. The van der Waals surface area contributed by atoms with Crippen LogP contribution in [0.15, 0.2) is 85.1 Å². The molecule has 71 heavy (non-hydrogen) atoms. The molecule has 410 valence electrons. The van der Waals surface area contributed by atoms with Gasteiger partial charge in [0.15, 0.2) is 0 Å². The highest BCUT2D eigenvalue weighted by Gasteiger charge is 2.27. The number of ether oxygens (including phenoxy) is 1. The van der Waals surface area contributed by atoms with Crippen LogP contribution < -0.4 is 10.2 Å². The summed E-state index contributed by atoms with van der Waals surface area (Å²) in [4.78, 5) is 39.8. The molecule has 0 rings (SSSR count). The largest absolute Gasteiger partial charge is 0.756 e. The van der Waals surface area contributed by atoms with Crippen LogP contribution >= 0.6 is 7.82 Å². The van der Waals surface area contributed by atoms with Crippen molar-refractivity contribution in [2.24, 2.45) is 0 Å². The highest BCUT2D eigenvalue weighted by atomic mass is 31.2. The van der Waals surface area contributed by atoms with Crippen LogP contribution in [0.25, 0.3) is 0 Å². The summed E-state index contributed by atoms with van der Waals surface area (Å²) in [6, 6.07) is -0.922.